The van der Waals surface area contributed by atoms with Gasteiger partial charge in [-0.15, -0.1) is 0 Å². The highest BCUT2D eigenvalue weighted by atomic mass is 79.9. The summed E-state index contributed by atoms with van der Waals surface area (Å²) < 4.78 is 0.850. The number of nitrogens with zero attached hydrogens (tertiary/aromatic N) is 3. The van der Waals surface area contributed by atoms with Crippen LogP contribution in [0, 0.1) is 0 Å². The summed E-state index contributed by atoms with van der Waals surface area (Å²) in [6.07, 6.45) is 3.42. The Morgan fingerprint density at radius 3 is 2.28 bits per heavy atom. The van der Waals surface area contributed by atoms with Crippen molar-refractivity contribution in [3.63, 3.8) is 0 Å². The summed E-state index contributed by atoms with van der Waals surface area (Å²) >= 11 is 8.22. The first kappa shape index (κ1) is 12.9. The topological polar surface area (TPSA) is 55.0 Å². The molecule has 0 radical (unpaired) electrons. The maximum atomic E-state index is 5.56. The van der Waals surface area contributed by atoms with E-state index in [1.165, 1.54) is 0 Å². The lowest BCUT2D eigenvalue weighted by Gasteiger charge is -2.17. The van der Waals surface area contributed by atoms with Crippen LogP contribution in [0.5, 0.6) is 0 Å². The van der Waals surface area contributed by atoms with Gasteiger partial charge in [-0.05, 0) is 40.2 Å². The van der Waals surface area contributed by atoms with Crippen LogP contribution in [0.2, 0.25) is 0 Å². The van der Waals surface area contributed by atoms with E-state index in [0.717, 1.165) is 15.7 Å². The Hall–Kier alpha value is -1.53. The normalized spacial score (nSPS) is 10.1. The molecule has 0 fully saturated rings. The number of nitrogens with two attached hydrogens (primary N) is 1. The first-order valence-corrected chi connectivity index (χ1v) is 6.39. The monoisotopic (exact) mass is 322 g/mol. The molecule has 2 N–H and O–H groups in total. The van der Waals surface area contributed by atoms with Crippen LogP contribution in [-0.2, 0) is 0 Å². The van der Waals surface area contributed by atoms with Crippen molar-refractivity contribution < 1.29 is 0 Å². The summed E-state index contributed by atoms with van der Waals surface area (Å²) in [5.74, 6) is 0.626. The van der Waals surface area contributed by atoms with Gasteiger partial charge in [-0.3, -0.25) is 0 Å². The van der Waals surface area contributed by atoms with E-state index in [-0.39, 0.29) is 0 Å². The number of halogens is 1. The minimum Gasteiger partial charge on any atom is -0.389 e. The fourth-order valence-electron chi connectivity index (χ4n) is 1.44. The first-order chi connectivity index (χ1) is 8.58. The fraction of sp³-hybridized carbons (Fsp3) is 0.0833. The van der Waals surface area contributed by atoms with Gasteiger partial charge in [-0.1, -0.05) is 12.2 Å². The van der Waals surface area contributed by atoms with Crippen molar-refractivity contribution in [3.05, 3.63) is 46.7 Å². The number of hydrogen-bond acceptors (Lipinski definition) is 4. The van der Waals surface area contributed by atoms with Gasteiger partial charge in [0.15, 0.2) is 0 Å². The van der Waals surface area contributed by atoms with E-state index < -0.39 is 0 Å². The minimum atomic E-state index is 0.393. The molecule has 6 heteroatoms. The SMILES string of the molecule is CN(c1ccc(C(N)=S)cc1)c1ncc(Br)cn1. The number of thiocarbonyl (C=S) groups is 1. The zero-order valence-electron chi connectivity index (χ0n) is 9.67. The standard InChI is InChI=1S/C12H11BrN4S/c1-17(12-15-6-9(13)7-16-12)10-4-2-8(3-5-10)11(14)18/h2-7H,1H3,(H2,14,18). The van der Waals surface area contributed by atoms with Crippen molar-refractivity contribution in [2.75, 3.05) is 11.9 Å². The second-order valence-corrected chi connectivity index (χ2v) is 5.03. The van der Waals surface area contributed by atoms with Gasteiger partial charge in [-0.25, -0.2) is 9.97 Å². The van der Waals surface area contributed by atoms with E-state index in [9.17, 15) is 0 Å². The maximum Gasteiger partial charge on any atom is 0.229 e. The van der Waals surface area contributed by atoms with E-state index in [1.54, 1.807) is 12.4 Å². The molecule has 0 aliphatic rings. The van der Waals surface area contributed by atoms with Crippen LogP contribution in [0.3, 0.4) is 0 Å². The predicted molar refractivity (Wildman–Crippen MR) is 80.1 cm³/mol. The lowest BCUT2D eigenvalue weighted by atomic mass is 10.2. The third-order valence-electron chi connectivity index (χ3n) is 2.45. The van der Waals surface area contributed by atoms with Gasteiger partial charge in [0.1, 0.15) is 4.99 Å². The first-order valence-electron chi connectivity index (χ1n) is 5.19. The third kappa shape index (κ3) is 2.83. The Morgan fingerprint density at radius 1 is 1.22 bits per heavy atom. The molecule has 0 unspecified atom stereocenters. The van der Waals surface area contributed by atoms with Crippen molar-refractivity contribution in [3.8, 4) is 0 Å². The molecule has 0 aliphatic heterocycles. The number of aromatic nitrogens is 2. The molecule has 4 nitrogen and oxygen atoms in total. The fourth-order valence-corrected chi connectivity index (χ4v) is 1.78. The molecule has 2 aromatic rings. The van der Waals surface area contributed by atoms with E-state index in [2.05, 4.69) is 25.9 Å². The smallest absolute Gasteiger partial charge is 0.229 e. The van der Waals surface area contributed by atoms with Gasteiger partial charge in [0.25, 0.3) is 0 Å². The zero-order chi connectivity index (χ0) is 13.1. The van der Waals surface area contributed by atoms with Crippen LogP contribution < -0.4 is 10.6 Å². The molecule has 1 aromatic heterocycles. The second-order valence-electron chi connectivity index (χ2n) is 3.67. The van der Waals surface area contributed by atoms with E-state index in [0.29, 0.717) is 10.9 Å². The molecular weight excluding hydrogens is 312 g/mol. The third-order valence-corrected chi connectivity index (χ3v) is 3.09. The Balaban J connectivity index is 2.25. The molecule has 18 heavy (non-hydrogen) atoms. The molecule has 92 valence electrons. The number of rotatable bonds is 3. The summed E-state index contributed by atoms with van der Waals surface area (Å²) in [5.41, 5.74) is 7.37. The molecule has 0 aliphatic carbocycles. The maximum absolute atomic E-state index is 5.56. The number of hydrogen-bond donors (Lipinski definition) is 1. The molecule has 0 spiro atoms. The van der Waals surface area contributed by atoms with Gasteiger partial charge in [0, 0.05) is 30.7 Å². The van der Waals surface area contributed by atoms with Gasteiger partial charge in [0.2, 0.25) is 5.95 Å². The lowest BCUT2D eigenvalue weighted by Crippen LogP contribution is -2.14. The van der Waals surface area contributed by atoms with Gasteiger partial charge in [0.05, 0.1) is 4.47 Å². The van der Waals surface area contributed by atoms with E-state index >= 15 is 0 Å². The van der Waals surface area contributed by atoms with Crippen molar-refractivity contribution in [1.82, 2.24) is 9.97 Å². The van der Waals surface area contributed by atoms with E-state index in [4.69, 9.17) is 18.0 Å². The zero-order valence-corrected chi connectivity index (χ0v) is 12.1. The molecule has 1 heterocycles. The van der Waals surface area contributed by atoms with Crippen molar-refractivity contribution in [2.45, 2.75) is 0 Å². The molecule has 0 atom stereocenters. The largest absolute Gasteiger partial charge is 0.389 e. The summed E-state index contributed by atoms with van der Waals surface area (Å²) in [7, 11) is 1.90. The quantitative estimate of drug-likeness (QED) is 0.880. The van der Waals surface area contributed by atoms with Crippen LogP contribution >= 0.6 is 28.1 Å². The molecule has 0 saturated heterocycles. The second kappa shape index (κ2) is 5.41. The molecule has 2 rings (SSSR count). The number of benzene rings is 1. The summed E-state index contributed by atoms with van der Waals surface area (Å²) in [6, 6.07) is 7.62. The molecular formula is C12H11BrN4S. The highest BCUT2D eigenvalue weighted by molar-refractivity contribution is 9.10. The highest BCUT2D eigenvalue weighted by Crippen LogP contribution is 2.20. The Labute approximate surface area is 119 Å². The average molecular weight is 323 g/mol. The van der Waals surface area contributed by atoms with Crippen molar-refractivity contribution in [2.24, 2.45) is 5.73 Å². The molecule has 0 saturated carbocycles. The molecule has 0 bridgehead atoms. The Morgan fingerprint density at radius 2 is 1.78 bits per heavy atom. The Kier molecular flexibility index (Phi) is 3.88. The van der Waals surface area contributed by atoms with Crippen LogP contribution in [0.4, 0.5) is 11.6 Å². The molecule has 0 amide bonds. The summed E-state index contributed by atoms with van der Waals surface area (Å²) in [4.78, 5) is 10.7. The van der Waals surface area contributed by atoms with Gasteiger partial charge in [-0.2, -0.15) is 0 Å². The van der Waals surface area contributed by atoms with Gasteiger partial charge >= 0.3 is 0 Å². The lowest BCUT2D eigenvalue weighted by molar-refractivity contribution is 1.04. The summed E-state index contributed by atoms with van der Waals surface area (Å²) in [6.45, 7) is 0. The highest BCUT2D eigenvalue weighted by Gasteiger charge is 2.06. The van der Waals surface area contributed by atoms with Crippen LogP contribution in [0.15, 0.2) is 41.1 Å². The van der Waals surface area contributed by atoms with E-state index in [1.807, 2.05) is 36.2 Å². The van der Waals surface area contributed by atoms with Crippen LogP contribution in [0.25, 0.3) is 0 Å². The van der Waals surface area contributed by atoms with Crippen LogP contribution in [0.1, 0.15) is 5.56 Å². The summed E-state index contributed by atoms with van der Waals surface area (Å²) in [5, 5.41) is 0. The minimum absolute atomic E-state index is 0.393. The van der Waals surface area contributed by atoms with Gasteiger partial charge < -0.3 is 10.6 Å². The average Bonchev–Trinajstić information content (AvgIpc) is 2.39. The van der Waals surface area contributed by atoms with Crippen molar-refractivity contribution >= 4 is 44.8 Å². The predicted octanol–water partition coefficient (Wildman–Crippen LogP) is 2.64. The number of anilines is 2. The Bertz CT molecular complexity index is 553. The van der Waals surface area contributed by atoms with Crippen molar-refractivity contribution in [1.29, 1.82) is 0 Å². The molecule has 1 aromatic carbocycles. The van der Waals surface area contributed by atoms with Crippen LogP contribution in [-0.4, -0.2) is 22.0 Å².